The van der Waals surface area contributed by atoms with Crippen molar-refractivity contribution in [3.8, 4) is 5.69 Å². The normalized spacial score (nSPS) is 19.6. The van der Waals surface area contributed by atoms with Gasteiger partial charge in [0.05, 0.1) is 12.6 Å². The molecule has 0 aliphatic carbocycles. The molecule has 1 aliphatic heterocycles. The summed E-state index contributed by atoms with van der Waals surface area (Å²) in [4.78, 5) is 1.82. The molecule has 24 heavy (non-hydrogen) atoms. The maximum Gasteiger partial charge on any atom is 0.393 e. The number of likely N-dealkylation sites (tertiary alicyclic amines) is 1. The van der Waals surface area contributed by atoms with E-state index < -0.39 is 12.1 Å². The fourth-order valence-corrected chi connectivity index (χ4v) is 3.53. The van der Waals surface area contributed by atoms with Crippen LogP contribution in [-0.2, 0) is 6.67 Å². The van der Waals surface area contributed by atoms with Crippen LogP contribution in [0.4, 0.5) is 13.2 Å². The molecular weight excluding hydrogens is 403 g/mol. The van der Waals surface area contributed by atoms with E-state index in [2.05, 4.69) is 15.9 Å². The highest BCUT2D eigenvalue weighted by atomic mass is 79.9. The van der Waals surface area contributed by atoms with Gasteiger partial charge in [0.15, 0.2) is 4.77 Å². The Morgan fingerprint density at radius 3 is 2.54 bits per heavy atom. The zero-order valence-corrected chi connectivity index (χ0v) is 15.2. The van der Waals surface area contributed by atoms with Crippen molar-refractivity contribution in [3.63, 3.8) is 0 Å². The Balaban J connectivity index is 1.75. The Kier molecular flexibility index (Phi) is 5.17. The average molecular weight is 420 g/mol. The largest absolute Gasteiger partial charge is 0.393 e. The van der Waals surface area contributed by atoms with Crippen molar-refractivity contribution in [2.75, 3.05) is 13.1 Å². The zero-order chi connectivity index (χ0) is 17.3. The third kappa shape index (κ3) is 3.92. The van der Waals surface area contributed by atoms with Crippen molar-refractivity contribution in [2.45, 2.75) is 25.7 Å². The van der Waals surface area contributed by atoms with Crippen LogP contribution in [0.25, 0.3) is 5.69 Å². The summed E-state index contributed by atoms with van der Waals surface area (Å²) in [6, 6.07) is 7.72. The second-order valence-corrected chi connectivity index (χ2v) is 7.28. The van der Waals surface area contributed by atoms with Crippen LogP contribution in [-0.4, -0.2) is 33.3 Å². The zero-order valence-electron chi connectivity index (χ0n) is 12.8. The first-order valence-corrected chi connectivity index (χ1v) is 8.87. The van der Waals surface area contributed by atoms with Crippen molar-refractivity contribution < 1.29 is 13.2 Å². The Bertz CT molecular complexity index is 751. The standard InChI is InChI=1S/C16H17BrF3N3S/c17-13-3-5-14(6-4-13)23-9-8-22(15(23)24)11-21-7-1-2-12(10-21)16(18,19)20/h3-6,8-9,12H,1-2,7,10-11H2. The highest BCUT2D eigenvalue weighted by molar-refractivity contribution is 9.10. The van der Waals surface area contributed by atoms with Gasteiger partial charge in [0.1, 0.15) is 0 Å². The number of rotatable bonds is 3. The second-order valence-electron chi connectivity index (χ2n) is 6.00. The topological polar surface area (TPSA) is 13.1 Å². The highest BCUT2D eigenvalue weighted by Gasteiger charge is 2.41. The lowest BCUT2D eigenvalue weighted by molar-refractivity contribution is -0.188. The summed E-state index contributed by atoms with van der Waals surface area (Å²) < 4.78 is 44.0. The number of hydrogen-bond acceptors (Lipinski definition) is 2. The number of benzene rings is 1. The third-order valence-electron chi connectivity index (χ3n) is 4.27. The summed E-state index contributed by atoms with van der Waals surface area (Å²) in [5.41, 5.74) is 0.925. The van der Waals surface area contributed by atoms with Gasteiger partial charge in [-0.15, -0.1) is 0 Å². The maximum absolute atomic E-state index is 12.9. The number of imidazole rings is 1. The molecule has 8 heteroatoms. The van der Waals surface area contributed by atoms with E-state index >= 15 is 0 Å². The number of aromatic nitrogens is 2. The van der Waals surface area contributed by atoms with Gasteiger partial charge in [0.25, 0.3) is 0 Å². The lowest BCUT2D eigenvalue weighted by atomic mass is 9.98. The van der Waals surface area contributed by atoms with Crippen molar-refractivity contribution in [1.82, 2.24) is 14.0 Å². The van der Waals surface area contributed by atoms with Gasteiger partial charge in [-0.1, -0.05) is 15.9 Å². The monoisotopic (exact) mass is 419 g/mol. The number of alkyl halides is 3. The third-order valence-corrected chi connectivity index (χ3v) is 5.23. The minimum atomic E-state index is -4.12. The molecule has 130 valence electrons. The average Bonchev–Trinajstić information content (AvgIpc) is 2.89. The van der Waals surface area contributed by atoms with Crippen LogP contribution in [0, 0.1) is 10.7 Å². The predicted molar refractivity (Wildman–Crippen MR) is 92.6 cm³/mol. The molecule has 1 fully saturated rings. The van der Waals surface area contributed by atoms with Gasteiger partial charge in [-0.2, -0.15) is 13.2 Å². The molecule has 0 bridgehead atoms. The SMILES string of the molecule is FC(F)(F)C1CCCN(Cn2ccn(-c3ccc(Br)cc3)c2=S)C1. The molecule has 0 amide bonds. The van der Waals surface area contributed by atoms with Gasteiger partial charge in [0.2, 0.25) is 0 Å². The molecule has 0 spiro atoms. The predicted octanol–water partition coefficient (Wildman–Crippen LogP) is 5.00. The fourth-order valence-electron chi connectivity index (χ4n) is 2.99. The van der Waals surface area contributed by atoms with Gasteiger partial charge >= 0.3 is 6.18 Å². The lowest BCUT2D eigenvalue weighted by Gasteiger charge is -2.33. The summed E-state index contributed by atoms with van der Waals surface area (Å²) in [6.07, 6.45) is 0.318. The number of piperidine rings is 1. The summed E-state index contributed by atoms with van der Waals surface area (Å²) in [5, 5.41) is 0. The molecular formula is C16H17BrF3N3S. The van der Waals surface area contributed by atoms with Gasteiger partial charge in [-0.3, -0.25) is 9.47 Å². The molecule has 1 aromatic carbocycles. The molecule has 2 aromatic rings. The Morgan fingerprint density at radius 1 is 1.17 bits per heavy atom. The summed E-state index contributed by atoms with van der Waals surface area (Å²) in [7, 11) is 0. The van der Waals surface area contributed by atoms with Crippen molar-refractivity contribution in [3.05, 3.63) is 45.9 Å². The van der Waals surface area contributed by atoms with E-state index in [1.54, 1.807) is 0 Å². The van der Waals surface area contributed by atoms with E-state index in [1.807, 2.05) is 50.7 Å². The summed E-state index contributed by atoms with van der Waals surface area (Å²) >= 11 is 8.87. The van der Waals surface area contributed by atoms with Crippen LogP contribution in [0.3, 0.4) is 0 Å². The molecule has 1 unspecified atom stereocenters. The molecule has 1 aliphatic rings. The van der Waals surface area contributed by atoms with Gasteiger partial charge in [-0.05, 0) is 55.9 Å². The first-order chi connectivity index (χ1) is 11.3. The van der Waals surface area contributed by atoms with E-state index in [4.69, 9.17) is 12.2 Å². The van der Waals surface area contributed by atoms with Crippen LogP contribution in [0.5, 0.6) is 0 Å². The first kappa shape index (κ1) is 17.7. The number of halogens is 4. The molecule has 1 aromatic heterocycles. The molecule has 3 rings (SSSR count). The van der Waals surface area contributed by atoms with Crippen LogP contribution in [0.15, 0.2) is 41.1 Å². The van der Waals surface area contributed by atoms with E-state index in [0.717, 1.165) is 10.2 Å². The van der Waals surface area contributed by atoms with E-state index in [-0.39, 0.29) is 13.0 Å². The smallest absolute Gasteiger partial charge is 0.310 e. The van der Waals surface area contributed by atoms with Crippen LogP contribution in [0.1, 0.15) is 12.8 Å². The van der Waals surface area contributed by atoms with Crippen LogP contribution >= 0.6 is 28.1 Å². The molecule has 0 N–H and O–H groups in total. The van der Waals surface area contributed by atoms with E-state index in [1.165, 1.54) is 0 Å². The minimum Gasteiger partial charge on any atom is -0.310 e. The Morgan fingerprint density at radius 2 is 1.88 bits per heavy atom. The number of nitrogens with zero attached hydrogens (tertiary/aromatic N) is 3. The maximum atomic E-state index is 12.9. The molecule has 1 atom stereocenters. The van der Waals surface area contributed by atoms with E-state index in [9.17, 15) is 13.2 Å². The fraction of sp³-hybridized carbons (Fsp3) is 0.438. The second kappa shape index (κ2) is 7.01. The van der Waals surface area contributed by atoms with Crippen LogP contribution in [0.2, 0.25) is 0 Å². The summed E-state index contributed by atoms with van der Waals surface area (Å²) in [6.45, 7) is 1.08. The highest BCUT2D eigenvalue weighted by Crippen LogP contribution is 2.33. The molecule has 2 heterocycles. The quantitative estimate of drug-likeness (QED) is 0.649. The van der Waals surface area contributed by atoms with Crippen molar-refractivity contribution in [1.29, 1.82) is 0 Å². The number of hydrogen-bond donors (Lipinski definition) is 0. The van der Waals surface area contributed by atoms with Gasteiger partial charge in [-0.25, -0.2) is 0 Å². The molecule has 0 radical (unpaired) electrons. The molecule has 3 nitrogen and oxygen atoms in total. The van der Waals surface area contributed by atoms with Crippen LogP contribution < -0.4 is 0 Å². The minimum absolute atomic E-state index is 0.0364. The Labute approximate surface area is 151 Å². The molecule has 0 saturated carbocycles. The van der Waals surface area contributed by atoms with Gasteiger partial charge < -0.3 is 4.57 Å². The Hall–Kier alpha value is -1.12. The van der Waals surface area contributed by atoms with Crippen molar-refractivity contribution in [2.24, 2.45) is 5.92 Å². The van der Waals surface area contributed by atoms with E-state index in [0.29, 0.717) is 24.4 Å². The lowest BCUT2D eigenvalue weighted by Crippen LogP contribution is -2.42. The van der Waals surface area contributed by atoms with Gasteiger partial charge in [0, 0.05) is 29.1 Å². The first-order valence-electron chi connectivity index (χ1n) is 7.67. The van der Waals surface area contributed by atoms with Crippen molar-refractivity contribution >= 4 is 28.1 Å². The molecule has 1 saturated heterocycles. The summed E-state index contributed by atoms with van der Waals surface area (Å²) in [5.74, 6) is -1.24.